The van der Waals surface area contributed by atoms with Crippen molar-refractivity contribution < 1.29 is 4.79 Å². The summed E-state index contributed by atoms with van der Waals surface area (Å²) < 4.78 is 0.981. The summed E-state index contributed by atoms with van der Waals surface area (Å²) in [5.41, 5.74) is 0.982. The van der Waals surface area contributed by atoms with Gasteiger partial charge in [0.2, 0.25) is 5.91 Å². The highest BCUT2D eigenvalue weighted by molar-refractivity contribution is 9.10. The first-order valence-corrected chi connectivity index (χ1v) is 7.82. The molecule has 1 aliphatic rings. The topological polar surface area (TPSA) is 29.1 Å². The molecule has 4 heteroatoms. The number of nitrogens with one attached hydrogen (secondary N) is 1. The second-order valence-corrected chi connectivity index (χ2v) is 7.16. The average molecular weight is 345 g/mol. The summed E-state index contributed by atoms with van der Waals surface area (Å²) in [7, 11) is 0. The number of rotatable bonds is 4. The minimum absolute atomic E-state index is 0.122. The van der Waals surface area contributed by atoms with E-state index >= 15 is 0 Å². The fourth-order valence-corrected chi connectivity index (χ4v) is 3.68. The summed E-state index contributed by atoms with van der Waals surface area (Å²) >= 11 is 9.72. The largest absolute Gasteiger partial charge is 0.350 e. The maximum atomic E-state index is 11.6. The first-order valence-electron chi connectivity index (χ1n) is 6.65. The minimum atomic E-state index is -0.122. The fraction of sp³-hybridized carbons (Fsp3) is 0.533. The van der Waals surface area contributed by atoms with Gasteiger partial charge in [-0.25, -0.2) is 0 Å². The molecule has 0 spiro atoms. The molecular formula is C15H19BrClNO. The molecule has 0 bridgehead atoms. The van der Waals surface area contributed by atoms with Crippen LogP contribution in [-0.4, -0.2) is 11.4 Å². The van der Waals surface area contributed by atoms with Gasteiger partial charge in [0, 0.05) is 21.5 Å². The molecule has 2 nitrogen and oxygen atoms in total. The molecule has 1 aliphatic heterocycles. The number of halogens is 2. The van der Waals surface area contributed by atoms with Gasteiger partial charge in [-0.2, -0.15) is 0 Å². The van der Waals surface area contributed by atoms with Crippen molar-refractivity contribution in [2.75, 3.05) is 0 Å². The highest BCUT2D eigenvalue weighted by Gasteiger charge is 2.38. The molecule has 2 rings (SSSR count). The zero-order chi connectivity index (χ0) is 14.0. The first-order chi connectivity index (χ1) is 8.90. The molecule has 1 aromatic carbocycles. The molecule has 1 saturated heterocycles. The summed E-state index contributed by atoms with van der Waals surface area (Å²) in [5, 5.41) is 3.94. The molecule has 0 radical (unpaired) electrons. The minimum Gasteiger partial charge on any atom is -0.350 e. The van der Waals surface area contributed by atoms with Gasteiger partial charge in [0.25, 0.3) is 0 Å². The van der Waals surface area contributed by atoms with E-state index in [9.17, 15) is 4.79 Å². The Morgan fingerprint density at radius 3 is 2.74 bits per heavy atom. The molecule has 1 fully saturated rings. The Labute approximate surface area is 128 Å². The first kappa shape index (κ1) is 14.9. The Bertz CT molecular complexity index is 489. The number of carbonyl (C=O) groups excluding carboxylic acids is 1. The van der Waals surface area contributed by atoms with Crippen LogP contribution in [0.25, 0.3) is 0 Å². The van der Waals surface area contributed by atoms with Crippen LogP contribution >= 0.6 is 27.5 Å². The predicted molar refractivity (Wildman–Crippen MR) is 82.4 cm³/mol. The molecule has 1 heterocycles. The van der Waals surface area contributed by atoms with Gasteiger partial charge in [0.05, 0.1) is 0 Å². The second-order valence-electron chi connectivity index (χ2n) is 5.84. The van der Waals surface area contributed by atoms with Gasteiger partial charge < -0.3 is 5.32 Å². The van der Waals surface area contributed by atoms with E-state index in [1.807, 2.05) is 18.2 Å². The third-order valence-corrected chi connectivity index (χ3v) is 4.42. The zero-order valence-electron chi connectivity index (χ0n) is 11.3. The van der Waals surface area contributed by atoms with E-state index in [0.29, 0.717) is 12.3 Å². The van der Waals surface area contributed by atoms with Gasteiger partial charge >= 0.3 is 0 Å². The van der Waals surface area contributed by atoms with Crippen LogP contribution in [0.15, 0.2) is 22.7 Å². The molecule has 1 atom stereocenters. The van der Waals surface area contributed by atoms with Gasteiger partial charge in [-0.05, 0) is 42.9 Å². The Hall–Kier alpha value is -0.540. The Balaban J connectivity index is 2.23. The van der Waals surface area contributed by atoms with Crippen molar-refractivity contribution in [1.82, 2.24) is 5.32 Å². The highest BCUT2D eigenvalue weighted by atomic mass is 79.9. The lowest BCUT2D eigenvalue weighted by Gasteiger charge is -2.31. The number of hydrogen-bond donors (Lipinski definition) is 1. The molecule has 0 aromatic heterocycles. The lowest BCUT2D eigenvalue weighted by atomic mass is 9.82. The fourth-order valence-electron chi connectivity index (χ4n) is 2.94. The Morgan fingerprint density at radius 2 is 2.21 bits per heavy atom. The molecule has 1 aromatic rings. The maximum absolute atomic E-state index is 11.6. The van der Waals surface area contributed by atoms with Crippen molar-refractivity contribution in [3.8, 4) is 0 Å². The molecule has 1 unspecified atom stereocenters. The van der Waals surface area contributed by atoms with E-state index in [1.165, 1.54) is 0 Å². The van der Waals surface area contributed by atoms with Crippen LogP contribution in [0.4, 0.5) is 0 Å². The normalized spacial score (nSPS) is 22.9. The molecule has 1 amide bonds. The van der Waals surface area contributed by atoms with Gasteiger partial charge in [-0.3, -0.25) is 4.79 Å². The highest BCUT2D eigenvalue weighted by Crippen LogP contribution is 2.33. The van der Waals surface area contributed by atoms with Crippen molar-refractivity contribution in [3.05, 3.63) is 33.3 Å². The van der Waals surface area contributed by atoms with Crippen LogP contribution in [0.5, 0.6) is 0 Å². The van der Waals surface area contributed by atoms with Gasteiger partial charge in [0.15, 0.2) is 0 Å². The van der Waals surface area contributed by atoms with Crippen LogP contribution in [0, 0.1) is 5.92 Å². The summed E-state index contributed by atoms with van der Waals surface area (Å²) in [5.74, 6) is 0.710. The van der Waals surface area contributed by atoms with Gasteiger partial charge in [-0.1, -0.05) is 47.4 Å². The van der Waals surface area contributed by atoms with Crippen molar-refractivity contribution >= 4 is 33.4 Å². The van der Waals surface area contributed by atoms with E-state index in [-0.39, 0.29) is 11.4 Å². The molecule has 0 aliphatic carbocycles. The van der Waals surface area contributed by atoms with Gasteiger partial charge in [-0.15, -0.1) is 0 Å². The zero-order valence-corrected chi connectivity index (χ0v) is 13.6. The van der Waals surface area contributed by atoms with Crippen molar-refractivity contribution in [2.24, 2.45) is 5.92 Å². The standard InChI is InChI=1S/C15H19BrClNO/c1-10(2)8-15(6-5-14(19)18-15)9-11-3-4-12(16)7-13(11)17/h3-4,7,10H,5-6,8-9H2,1-2H3,(H,18,19). The van der Waals surface area contributed by atoms with E-state index in [1.54, 1.807) is 0 Å². The van der Waals surface area contributed by atoms with Crippen LogP contribution < -0.4 is 5.32 Å². The van der Waals surface area contributed by atoms with Crippen LogP contribution in [0.3, 0.4) is 0 Å². The van der Waals surface area contributed by atoms with E-state index in [4.69, 9.17) is 11.6 Å². The van der Waals surface area contributed by atoms with Gasteiger partial charge in [0.1, 0.15) is 0 Å². The van der Waals surface area contributed by atoms with E-state index in [0.717, 1.165) is 34.3 Å². The maximum Gasteiger partial charge on any atom is 0.220 e. The quantitative estimate of drug-likeness (QED) is 0.865. The number of benzene rings is 1. The summed E-state index contributed by atoms with van der Waals surface area (Å²) in [6, 6.07) is 5.96. The third-order valence-electron chi connectivity index (χ3n) is 3.58. The molecule has 1 N–H and O–H groups in total. The second kappa shape index (κ2) is 5.84. The molecule has 19 heavy (non-hydrogen) atoms. The Kier molecular flexibility index (Phi) is 4.57. The average Bonchev–Trinajstić information content (AvgIpc) is 2.63. The van der Waals surface area contributed by atoms with E-state index < -0.39 is 0 Å². The summed E-state index contributed by atoms with van der Waals surface area (Å²) in [6.45, 7) is 4.38. The lowest BCUT2D eigenvalue weighted by Crippen LogP contribution is -2.44. The number of amides is 1. The monoisotopic (exact) mass is 343 g/mol. The van der Waals surface area contributed by atoms with Crippen LogP contribution in [0.2, 0.25) is 5.02 Å². The smallest absolute Gasteiger partial charge is 0.220 e. The summed E-state index contributed by atoms with van der Waals surface area (Å²) in [6.07, 6.45) is 3.32. The number of hydrogen-bond acceptors (Lipinski definition) is 1. The van der Waals surface area contributed by atoms with Crippen molar-refractivity contribution in [3.63, 3.8) is 0 Å². The Morgan fingerprint density at radius 1 is 1.47 bits per heavy atom. The predicted octanol–water partition coefficient (Wildman–Crippen LogP) is 4.34. The van der Waals surface area contributed by atoms with Crippen LogP contribution in [-0.2, 0) is 11.2 Å². The lowest BCUT2D eigenvalue weighted by molar-refractivity contribution is -0.119. The van der Waals surface area contributed by atoms with Crippen molar-refractivity contribution in [2.45, 2.75) is 45.1 Å². The van der Waals surface area contributed by atoms with Crippen LogP contribution in [0.1, 0.15) is 38.7 Å². The molecule has 0 saturated carbocycles. The van der Waals surface area contributed by atoms with Crippen molar-refractivity contribution in [1.29, 1.82) is 0 Å². The summed E-state index contributed by atoms with van der Waals surface area (Å²) in [4.78, 5) is 11.6. The molecule has 104 valence electrons. The molecular weight excluding hydrogens is 326 g/mol. The number of carbonyl (C=O) groups is 1. The SMILES string of the molecule is CC(C)CC1(Cc2ccc(Br)cc2Cl)CCC(=O)N1. The van der Waals surface area contributed by atoms with E-state index in [2.05, 4.69) is 35.1 Å². The third kappa shape index (κ3) is 3.73.